The number of hydrogen-bond acceptors (Lipinski definition) is 6. The zero-order valence-electron chi connectivity index (χ0n) is 13.3. The van der Waals surface area contributed by atoms with Crippen LogP contribution in [0.1, 0.15) is 45.9 Å². The van der Waals surface area contributed by atoms with E-state index >= 15 is 0 Å². The number of aromatic nitrogens is 2. The van der Waals surface area contributed by atoms with Crippen molar-refractivity contribution in [3.8, 4) is 0 Å². The van der Waals surface area contributed by atoms with Crippen molar-refractivity contribution in [3.05, 3.63) is 11.9 Å². The summed E-state index contributed by atoms with van der Waals surface area (Å²) >= 11 is 0. The smallest absolute Gasteiger partial charge is 0.151 e. The van der Waals surface area contributed by atoms with E-state index in [0.29, 0.717) is 12.4 Å². The normalized spacial score (nSPS) is 11.7. The Bertz CT molecular complexity index is 544. The first-order valence-electron chi connectivity index (χ1n) is 7.45. The number of hydrogen-bond donors (Lipinski definition) is 2. The van der Waals surface area contributed by atoms with Crippen LogP contribution in [0.25, 0.3) is 0 Å². The molecule has 0 bridgehead atoms. The summed E-state index contributed by atoms with van der Waals surface area (Å²) in [5.74, 6) is 2.68. The van der Waals surface area contributed by atoms with Crippen LogP contribution in [-0.4, -0.2) is 43.0 Å². The minimum absolute atomic E-state index is 0.113. The summed E-state index contributed by atoms with van der Waals surface area (Å²) in [6.45, 7) is 9.01. The predicted octanol–water partition coefficient (Wildman–Crippen LogP) is 2.27. The highest BCUT2D eigenvalue weighted by molar-refractivity contribution is 7.91. The van der Waals surface area contributed by atoms with Crippen LogP contribution in [0.4, 0.5) is 11.6 Å². The number of anilines is 2. The summed E-state index contributed by atoms with van der Waals surface area (Å²) in [5, 5.41) is 6.32. The fourth-order valence-electron chi connectivity index (χ4n) is 1.64. The molecule has 0 spiro atoms. The number of sulfone groups is 1. The third-order valence-corrected chi connectivity index (χ3v) is 4.68. The molecule has 1 aromatic rings. The summed E-state index contributed by atoms with van der Waals surface area (Å²) in [6.07, 6.45) is 1.01. The monoisotopic (exact) mass is 314 g/mol. The second kappa shape index (κ2) is 8.17. The van der Waals surface area contributed by atoms with Gasteiger partial charge < -0.3 is 10.6 Å². The highest BCUT2D eigenvalue weighted by Gasteiger charge is 2.10. The molecule has 0 aliphatic carbocycles. The molecule has 0 atom stereocenters. The number of rotatable bonds is 9. The third kappa shape index (κ3) is 6.29. The molecule has 0 aliphatic rings. The minimum atomic E-state index is -2.96. The first-order valence-corrected chi connectivity index (χ1v) is 9.27. The molecule has 1 rings (SSSR count). The Morgan fingerprint density at radius 2 is 1.67 bits per heavy atom. The first-order chi connectivity index (χ1) is 9.88. The van der Waals surface area contributed by atoms with Crippen molar-refractivity contribution >= 4 is 21.5 Å². The summed E-state index contributed by atoms with van der Waals surface area (Å²) in [6, 6.07) is 1.82. The average Bonchev–Trinajstić information content (AvgIpc) is 2.44. The van der Waals surface area contributed by atoms with Gasteiger partial charge in [0.15, 0.2) is 9.84 Å². The van der Waals surface area contributed by atoms with Gasteiger partial charge in [-0.1, -0.05) is 27.7 Å². The van der Waals surface area contributed by atoms with Crippen LogP contribution >= 0.6 is 0 Å². The van der Waals surface area contributed by atoms with E-state index in [1.54, 1.807) is 6.92 Å². The van der Waals surface area contributed by atoms with E-state index in [0.717, 1.165) is 24.6 Å². The highest BCUT2D eigenvalue weighted by atomic mass is 32.2. The first kappa shape index (κ1) is 17.7. The van der Waals surface area contributed by atoms with Crippen molar-refractivity contribution in [2.45, 2.75) is 40.0 Å². The van der Waals surface area contributed by atoms with Gasteiger partial charge in [0.05, 0.1) is 5.75 Å². The molecular formula is C14H26N4O2S. The van der Waals surface area contributed by atoms with Gasteiger partial charge in [0.25, 0.3) is 0 Å². The van der Waals surface area contributed by atoms with Crippen LogP contribution in [0.2, 0.25) is 0 Å². The number of nitrogens with zero attached hydrogens (tertiary/aromatic N) is 2. The fourth-order valence-corrected chi connectivity index (χ4v) is 2.34. The van der Waals surface area contributed by atoms with Crippen LogP contribution in [0.15, 0.2) is 6.07 Å². The summed E-state index contributed by atoms with van der Waals surface area (Å²) < 4.78 is 23.0. The Hall–Kier alpha value is -1.37. The van der Waals surface area contributed by atoms with E-state index in [1.165, 1.54) is 0 Å². The van der Waals surface area contributed by atoms with Gasteiger partial charge in [-0.05, 0) is 6.42 Å². The third-order valence-electron chi connectivity index (χ3n) is 2.97. The Morgan fingerprint density at radius 3 is 2.14 bits per heavy atom. The number of nitrogens with one attached hydrogen (secondary N) is 2. The molecule has 7 heteroatoms. The van der Waals surface area contributed by atoms with E-state index in [4.69, 9.17) is 0 Å². The van der Waals surface area contributed by atoms with Crippen molar-refractivity contribution in [2.75, 3.05) is 35.2 Å². The van der Waals surface area contributed by atoms with Crippen LogP contribution in [-0.2, 0) is 9.84 Å². The zero-order valence-corrected chi connectivity index (χ0v) is 14.1. The van der Waals surface area contributed by atoms with Crippen molar-refractivity contribution in [1.29, 1.82) is 0 Å². The maximum Gasteiger partial charge on any atom is 0.151 e. The molecule has 0 saturated carbocycles. The molecule has 0 fully saturated rings. The molecule has 6 nitrogen and oxygen atoms in total. The average molecular weight is 314 g/mol. The Morgan fingerprint density at radius 1 is 1.10 bits per heavy atom. The van der Waals surface area contributed by atoms with E-state index in [-0.39, 0.29) is 17.4 Å². The van der Waals surface area contributed by atoms with E-state index in [1.807, 2.05) is 19.9 Å². The molecular weight excluding hydrogens is 288 g/mol. The zero-order chi connectivity index (χ0) is 15.9. The summed E-state index contributed by atoms with van der Waals surface area (Å²) in [4.78, 5) is 8.89. The second-order valence-electron chi connectivity index (χ2n) is 5.24. The molecule has 1 heterocycles. The molecule has 0 unspecified atom stereocenters. The van der Waals surface area contributed by atoms with Crippen LogP contribution in [0, 0.1) is 0 Å². The maximum atomic E-state index is 11.5. The lowest BCUT2D eigenvalue weighted by Gasteiger charge is -2.12. The largest absolute Gasteiger partial charge is 0.370 e. The van der Waals surface area contributed by atoms with Gasteiger partial charge in [-0.25, -0.2) is 18.4 Å². The lowest BCUT2D eigenvalue weighted by atomic mass is 10.2. The van der Waals surface area contributed by atoms with Crippen molar-refractivity contribution in [3.63, 3.8) is 0 Å². The van der Waals surface area contributed by atoms with Gasteiger partial charge in [-0.2, -0.15) is 0 Å². The molecule has 1 aromatic heterocycles. The van der Waals surface area contributed by atoms with E-state index in [9.17, 15) is 8.42 Å². The van der Waals surface area contributed by atoms with Gasteiger partial charge in [0.1, 0.15) is 17.5 Å². The summed E-state index contributed by atoms with van der Waals surface area (Å²) in [7, 11) is -2.96. The molecule has 21 heavy (non-hydrogen) atoms. The molecule has 2 N–H and O–H groups in total. The van der Waals surface area contributed by atoms with Gasteiger partial charge in [-0.3, -0.25) is 0 Å². The van der Waals surface area contributed by atoms with Crippen LogP contribution in [0.5, 0.6) is 0 Å². The van der Waals surface area contributed by atoms with Crippen LogP contribution in [0.3, 0.4) is 0 Å². The van der Waals surface area contributed by atoms with E-state index in [2.05, 4.69) is 27.5 Å². The predicted molar refractivity (Wildman–Crippen MR) is 87.7 cm³/mol. The highest BCUT2D eigenvalue weighted by Crippen LogP contribution is 2.17. The van der Waals surface area contributed by atoms with Crippen molar-refractivity contribution in [2.24, 2.45) is 0 Å². The standard InChI is InChI=1S/C14H26N4O2S/c1-5-7-15-12-10-13(18-14(17-12)11(3)4)16-8-9-21(19,20)6-2/h10-11H,5-9H2,1-4H3,(H2,15,16,17,18). The van der Waals surface area contributed by atoms with Crippen molar-refractivity contribution < 1.29 is 8.42 Å². The SMILES string of the molecule is CCCNc1cc(NCCS(=O)(=O)CC)nc(C(C)C)n1. The molecule has 120 valence electrons. The van der Waals surface area contributed by atoms with Crippen molar-refractivity contribution in [1.82, 2.24) is 9.97 Å². The van der Waals surface area contributed by atoms with Gasteiger partial charge in [0, 0.05) is 30.8 Å². The lowest BCUT2D eigenvalue weighted by molar-refractivity contribution is 0.597. The molecule has 0 radical (unpaired) electrons. The van der Waals surface area contributed by atoms with E-state index < -0.39 is 9.84 Å². The Labute approximate surface area is 127 Å². The quantitative estimate of drug-likeness (QED) is 0.727. The Kier molecular flexibility index (Phi) is 6.87. The lowest BCUT2D eigenvalue weighted by Crippen LogP contribution is -2.18. The van der Waals surface area contributed by atoms with Gasteiger partial charge in [-0.15, -0.1) is 0 Å². The molecule has 0 amide bonds. The minimum Gasteiger partial charge on any atom is -0.370 e. The summed E-state index contributed by atoms with van der Waals surface area (Å²) in [5.41, 5.74) is 0. The van der Waals surface area contributed by atoms with Gasteiger partial charge >= 0.3 is 0 Å². The molecule has 0 aliphatic heterocycles. The maximum absolute atomic E-state index is 11.5. The second-order valence-corrected chi connectivity index (χ2v) is 7.71. The molecule has 0 saturated heterocycles. The topological polar surface area (TPSA) is 84.0 Å². The Balaban J connectivity index is 2.78. The van der Waals surface area contributed by atoms with Gasteiger partial charge in [0.2, 0.25) is 0 Å². The fraction of sp³-hybridized carbons (Fsp3) is 0.714. The van der Waals surface area contributed by atoms with Crippen LogP contribution < -0.4 is 10.6 Å². The molecule has 0 aromatic carbocycles.